The van der Waals surface area contributed by atoms with Crippen molar-refractivity contribution < 1.29 is 0 Å². The minimum atomic E-state index is 0.488. The Morgan fingerprint density at radius 2 is 2.06 bits per heavy atom. The SMILES string of the molecule is Cc1cc(Cl)nc(CSc2cccc(N)c2C)n1. The monoisotopic (exact) mass is 279 g/mol. The van der Waals surface area contributed by atoms with Gasteiger partial charge in [0.1, 0.15) is 11.0 Å². The lowest BCUT2D eigenvalue weighted by Crippen LogP contribution is -1.96. The molecule has 0 saturated carbocycles. The second-order valence-corrected chi connectivity index (χ2v) is 5.41. The van der Waals surface area contributed by atoms with Crippen molar-refractivity contribution in [2.45, 2.75) is 24.5 Å². The molecule has 5 heteroatoms. The van der Waals surface area contributed by atoms with E-state index in [0.29, 0.717) is 10.9 Å². The first-order chi connectivity index (χ1) is 8.56. The summed E-state index contributed by atoms with van der Waals surface area (Å²) in [4.78, 5) is 9.71. The minimum absolute atomic E-state index is 0.488. The van der Waals surface area contributed by atoms with Crippen LogP contribution in [0.1, 0.15) is 17.1 Å². The number of nitrogens with zero attached hydrogens (tertiary/aromatic N) is 2. The predicted molar refractivity (Wildman–Crippen MR) is 76.9 cm³/mol. The van der Waals surface area contributed by atoms with Crippen LogP contribution in [0.4, 0.5) is 5.69 Å². The smallest absolute Gasteiger partial charge is 0.140 e. The van der Waals surface area contributed by atoms with Crippen molar-refractivity contribution in [2.75, 3.05) is 5.73 Å². The summed E-state index contributed by atoms with van der Waals surface area (Å²) in [5.41, 5.74) is 8.66. The number of hydrogen-bond donors (Lipinski definition) is 1. The van der Waals surface area contributed by atoms with Crippen LogP contribution in [0.15, 0.2) is 29.2 Å². The maximum atomic E-state index is 5.91. The van der Waals surface area contributed by atoms with E-state index in [2.05, 4.69) is 9.97 Å². The fraction of sp³-hybridized carbons (Fsp3) is 0.231. The molecule has 2 N–H and O–H groups in total. The molecule has 0 fully saturated rings. The minimum Gasteiger partial charge on any atom is -0.398 e. The number of thioether (sulfide) groups is 1. The number of nitrogen functional groups attached to an aromatic ring is 1. The normalized spacial score (nSPS) is 10.6. The summed E-state index contributed by atoms with van der Waals surface area (Å²) in [7, 11) is 0. The molecule has 0 aliphatic rings. The molecule has 0 aliphatic heterocycles. The van der Waals surface area contributed by atoms with E-state index in [1.807, 2.05) is 32.0 Å². The molecule has 0 radical (unpaired) electrons. The van der Waals surface area contributed by atoms with E-state index >= 15 is 0 Å². The zero-order valence-electron chi connectivity index (χ0n) is 10.3. The van der Waals surface area contributed by atoms with E-state index in [9.17, 15) is 0 Å². The number of aryl methyl sites for hydroxylation is 1. The van der Waals surface area contributed by atoms with Crippen LogP contribution in [0.2, 0.25) is 5.15 Å². The number of nitrogens with two attached hydrogens (primary N) is 1. The van der Waals surface area contributed by atoms with Gasteiger partial charge in [-0.2, -0.15) is 0 Å². The molecule has 3 nitrogen and oxygen atoms in total. The number of aromatic nitrogens is 2. The molecule has 0 atom stereocenters. The van der Waals surface area contributed by atoms with E-state index in [1.165, 1.54) is 0 Å². The summed E-state index contributed by atoms with van der Waals surface area (Å²) in [6, 6.07) is 7.66. The third-order valence-electron chi connectivity index (χ3n) is 2.55. The topological polar surface area (TPSA) is 51.8 Å². The van der Waals surface area contributed by atoms with Crippen LogP contribution in [0.3, 0.4) is 0 Å². The highest BCUT2D eigenvalue weighted by Gasteiger charge is 2.05. The summed E-state index contributed by atoms with van der Waals surface area (Å²) in [5, 5.41) is 0.488. The Morgan fingerprint density at radius 3 is 2.78 bits per heavy atom. The van der Waals surface area contributed by atoms with Gasteiger partial charge in [0.05, 0.1) is 5.75 Å². The summed E-state index contributed by atoms with van der Waals surface area (Å²) in [5.74, 6) is 1.43. The first-order valence-electron chi connectivity index (χ1n) is 5.54. The zero-order valence-corrected chi connectivity index (χ0v) is 11.8. The average Bonchev–Trinajstić information content (AvgIpc) is 2.30. The Hall–Kier alpha value is -1.26. The summed E-state index contributed by atoms with van der Waals surface area (Å²) in [6.45, 7) is 3.93. The predicted octanol–water partition coefficient (Wildman–Crippen LogP) is 3.62. The molecule has 1 aromatic carbocycles. The lowest BCUT2D eigenvalue weighted by molar-refractivity contribution is 0.995. The maximum Gasteiger partial charge on any atom is 0.140 e. The van der Waals surface area contributed by atoms with Gasteiger partial charge in [0.25, 0.3) is 0 Å². The molecule has 2 rings (SSSR count). The van der Waals surface area contributed by atoms with Gasteiger partial charge in [-0.25, -0.2) is 9.97 Å². The van der Waals surface area contributed by atoms with Crippen molar-refractivity contribution in [3.8, 4) is 0 Å². The first-order valence-corrected chi connectivity index (χ1v) is 6.90. The van der Waals surface area contributed by atoms with Crippen molar-refractivity contribution in [3.63, 3.8) is 0 Å². The first kappa shape index (κ1) is 13.2. The van der Waals surface area contributed by atoms with Gasteiger partial charge in [0.15, 0.2) is 0 Å². The second kappa shape index (κ2) is 5.59. The number of halogens is 1. The number of hydrogen-bond acceptors (Lipinski definition) is 4. The van der Waals surface area contributed by atoms with Crippen molar-refractivity contribution in [1.82, 2.24) is 9.97 Å². The highest BCUT2D eigenvalue weighted by molar-refractivity contribution is 7.98. The summed E-state index contributed by atoms with van der Waals surface area (Å²) >= 11 is 7.58. The third-order valence-corrected chi connectivity index (χ3v) is 3.90. The number of benzene rings is 1. The van der Waals surface area contributed by atoms with E-state index in [0.717, 1.165) is 27.7 Å². The van der Waals surface area contributed by atoms with Crippen molar-refractivity contribution in [1.29, 1.82) is 0 Å². The van der Waals surface area contributed by atoms with Gasteiger partial charge in [-0.3, -0.25) is 0 Å². The Balaban J connectivity index is 2.14. The number of rotatable bonds is 3. The molecular weight excluding hydrogens is 266 g/mol. The summed E-state index contributed by atoms with van der Waals surface area (Å²) < 4.78 is 0. The lowest BCUT2D eigenvalue weighted by Gasteiger charge is -2.07. The standard InChI is InChI=1S/C13H14ClN3S/c1-8-6-12(14)17-13(16-8)7-18-11-5-3-4-10(15)9(11)2/h3-6H,7,15H2,1-2H3. The van der Waals surface area contributed by atoms with Gasteiger partial charge < -0.3 is 5.73 Å². The van der Waals surface area contributed by atoms with Crippen LogP contribution in [0.25, 0.3) is 0 Å². The van der Waals surface area contributed by atoms with Gasteiger partial charge in [0, 0.05) is 16.3 Å². The molecule has 1 aromatic heterocycles. The van der Waals surface area contributed by atoms with Gasteiger partial charge in [-0.15, -0.1) is 11.8 Å². The molecule has 94 valence electrons. The lowest BCUT2D eigenvalue weighted by atomic mass is 10.2. The highest BCUT2D eigenvalue weighted by atomic mass is 35.5. The number of anilines is 1. The summed E-state index contributed by atoms with van der Waals surface area (Å²) in [6.07, 6.45) is 0. The van der Waals surface area contributed by atoms with E-state index in [4.69, 9.17) is 17.3 Å². The molecule has 0 aliphatic carbocycles. The molecular formula is C13H14ClN3S. The van der Waals surface area contributed by atoms with Crippen LogP contribution < -0.4 is 5.73 Å². The van der Waals surface area contributed by atoms with Crippen LogP contribution in [0.5, 0.6) is 0 Å². The molecule has 1 heterocycles. The van der Waals surface area contributed by atoms with Gasteiger partial charge in [0.2, 0.25) is 0 Å². The molecule has 0 spiro atoms. The van der Waals surface area contributed by atoms with Gasteiger partial charge in [-0.1, -0.05) is 17.7 Å². The zero-order chi connectivity index (χ0) is 13.1. The fourth-order valence-electron chi connectivity index (χ4n) is 1.58. The third kappa shape index (κ3) is 3.15. The molecule has 0 saturated heterocycles. The van der Waals surface area contributed by atoms with Crippen LogP contribution in [-0.4, -0.2) is 9.97 Å². The van der Waals surface area contributed by atoms with Crippen LogP contribution >= 0.6 is 23.4 Å². The Labute approximate surface area is 116 Å². The van der Waals surface area contributed by atoms with Crippen molar-refractivity contribution >= 4 is 29.1 Å². The Bertz CT molecular complexity index is 552. The van der Waals surface area contributed by atoms with Crippen LogP contribution in [-0.2, 0) is 5.75 Å². The largest absolute Gasteiger partial charge is 0.398 e. The Morgan fingerprint density at radius 1 is 1.28 bits per heavy atom. The van der Waals surface area contributed by atoms with E-state index in [1.54, 1.807) is 17.8 Å². The highest BCUT2D eigenvalue weighted by Crippen LogP contribution is 2.28. The molecule has 0 amide bonds. The average molecular weight is 280 g/mol. The van der Waals surface area contributed by atoms with Crippen molar-refractivity contribution in [2.24, 2.45) is 0 Å². The molecule has 2 aromatic rings. The Kier molecular flexibility index (Phi) is 4.09. The molecule has 18 heavy (non-hydrogen) atoms. The van der Waals surface area contributed by atoms with Crippen LogP contribution in [0, 0.1) is 13.8 Å². The maximum absolute atomic E-state index is 5.91. The quantitative estimate of drug-likeness (QED) is 0.530. The molecule has 0 unspecified atom stereocenters. The van der Waals surface area contributed by atoms with E-state index < -0.39 is 0 Å². The van der Waals surface area contributed by atoms with E-state index in [-0.39, 0.29) is 0 Å². The van der Waals surface area contributed by atoms with Gasteiger partial charge >= 0.3 is 0 Å². The second-order valence-electron chi connectivity index (χ2n) is 4.01. The molecule has 0 bridgehead atoms. The van der Waals surface area contributed by atoms with Gasteiger partial charge in [-0.05, 0) is 37.6 Å². The fourth-order valence-corrected chi connectivity index (χ4v) is 2.76. The van der Waals surface area contributed by atoms with Crippen molar-refractivity contribution in [3.05, 3.63) is 46.5 Å².